The van der Waals surface area contributed by atoms with Crippen LogP contribution in [0.4, 0.5) is 0 Å². The fraction of sp³-hybridized carbons (Fsp3) is 0.889. The van der Waals surface area contributed by atoms with Gasteiger partial charge < -0.3 is 10.8 Å². The Kier molecular flexibility index (Phi) is 2.42. The summed E-state index contributed by atoms with van der Waals surface area (Å²) in [6, 6.07) is 0.260. The third-order valence-corrected chi connectivity index (χ3v) is 3.25. The predicted molar refractivity (Wildman–Crippen MR) is 46.7 cm³/mol. The van der Waals surface area contributed by atoms with E-state index >= 15 is 0 Å². The quantitative estimate of drug-likeness (QED) is 0.671. The van der Waals surface area contributed by atoms with Crippen molar-refractivity contribution in [3.63, 3.8) is 0 Å². The maximum absolute atomic E-state index is 10.3. The highest BCUT2D eigenvalue weighted by molar-refractivity contribution is 5.66. The van der Waals surface area contributed by atoms with Crippen LogP contribution in [-0.2, 0) is 4.79 Å². The first-order valence-electron chi connectivity index (χ1n) is 4.42. The maximum Gasteiger partial charge on any atom is 0.303 e. The summed E-state index contributed by atoms with van der Waals surface area (Å²) in [5.41, 5.74) is 5.95. The number of rotatable bonds is 3. The van der Waals surface area contributed by atoms with Gasteiger partial charge >= 0.3 is 5.97 Å². The molecule has 0 bridgehead atoms. The zero-order valence-corrected chi connectivity index (χ0v) is 7.71. The highest BCUT2D eigenvalue weighted by atomic mass is 16.4. The standard InChI is InChI=1S/C9H17NO2/c1-9(2)6(5-7(9)10)3-4-8(11)12/h6-7H,3-5,10H2,1-2H3,(H,11,12)/t6-,7+/m1/s1. The molecule has 2 atom stereocenters. The summed E-state index contributed by atoms with van der Waals surface area (Å²) in [4.78, 5) is 10.3. The number of nitrogens with two attached hydrogens (primary N) is 1. The van der Waals surface area contributed by atoms with Crippen molar-refractivity contribution >= 4 is 5.97 Å². The molecule has 0 radical (unpaired) electrons. The van der Waals surface area contributed by atoms with E-state index < -0.39 is 5.97 Å². The van der Waals surface area contributed by atoms with Crippen molar-refractivity contribution < 1.29 is 9.90 Å². The lowest BCUT2D eigenvalue weighted by Crippen LogP contribution is -2.54. The molecule has 0 heterocycles. The van der Waals surface area contributed by atoms with Crippen LogP contribution in [0.3, 0.4) is 0 Å². The lowest BCUT2D eigenvalue weighted by molar-refractivity contribution is -0.138. The van der Waals surface area contributed by atoms with Gasteiger partial charge in [0, 0.05) is 12.5 Å². The number of hydrogen-bond donors (Lipinski definition) is 2. The van der Waals surface area contributed by atoms with Crippen LogP contribution >= 0.6 is 0 Å². The summed E-state index contributed by atoms with van der Waals surface area (Å²) >= 11 is 0. The fourth-order valence-corrected chi connectivity index (χ4v) is 1.84. The third kappa shape index (κ3) is 1.61. The molecule has 1 saturated carbocycles. The molecule has 0 amide bonds. The van der Waals surface area contributed by atoms with E-state index in [2.05, 4.69) is 13.8 Å². The second-order valence-corrected chi connectivity index (χ2v) is 4.29. The first-order chi connectivity index (χ1) is 5.44. The zero-order chi connectivity index (χ0) is 9.35. The van der Waals surface area contributed by atoms with E-state index in [-0.39, 0.29) is 17.9 Å². The van der Waals surface area contributed by atoms with Crippen molar-refractivity contribution in [1.29, 1.82) is 0 Å². The lowest BCUT2D eigenvalue weighted by atomic mass is 9.57. The fourth-order valence-electron chi connectivity index (χ4n) is 1.84. The van der Waals surface area contributed by atoms with Crippen LogP contribution < -0.4 is 5.73 Å². The minimum atomic E-state index is -0.703. The van der Waals surface area contributed by atoms with Gasteiger partial charge in [0.1, 0.15) is 0 Å². The van der Waals surface area contributed by atoms with E-state index in [9.17, 15) is 4.79 Å². The predicted octanol–water partition coefficient (Wildman–Crippen LogP) is 1.22. The molecular formula is C9H17NO2. The van der Waals surface area contributed by atoms with Crippen LogP contribution in [0.5, 0.6) is 0 Å². The van der Waals surface area contributed by atoms with E-state index in [0.29, 0.717) is 5.92 Å². The molecule has 0 aromatic heterocycles. The maximum atomic E-state index is 10.3. The Hall–Kier alpha value is -0.570. The summed E-state index contributed by atoms with van der Waals surface area (Å²) in [5.74, 6) is -0.199. The first kappa shape index (κ1) is 9.52. The van der Waals surface area contributed by atoms with E-state index in [1.807, 2.05) is 0 Å². The summed E-state index contributed by atoms with van der Waals surface area (Å²) < 4.78 is 0. The van der Waals surface area contributed by atoms with Crippen LogP contribution in [0.2, 0.25) is 0 Å². The van der Waals surface area contributed by atoms with E-state index in [1.54, 1.807) is 0 Å². The monoisotopic (exact) mass is 171 g/mol. The SMILES string of the molecule is CC1(C)[C@H](CCC(=O)O)C[C@@H]1N. The smallest absolute Gasteiger partial charge is 0.303 e. The van der Waals surface area contributed by atoms with Crippen molar-refractivity contribution in [1.82, 2.24) is 0 Å². The van der Waals surface area contributed by atoms with E-state index in [4.69, 9.17) is 10.8 Å². The number of hydrogen-bond acceptors (Lipinski definition) is 2. The Morgan fingerprint density at radius 1 is 1.67 bits per heavy atom. The van der Waals surface area contributed by atoms with Gasteiger partial charge in [0.25, 0.3) is 0 Å². The molecule has 0 spiro atoms. The van der Waals surface area contributed by atoms with Crippen molar-refractivity contribution in [3.05, 3.63) is 0 Å². The molecule has 0 aromatic rings. The Balaban J connectivity index is 2.32. The minimum absolute atomic E-state index is 0.148. The van der Waals surface area contributed by atoms with Crippen molar-refractivity contribution in [3.8, 4) is 0 Å². The van der Waals surface area contributed by atoms with Gasteiger partial charge in [-0.25, -0.2) is 0 Å². The van der Waals surface area contributed by atoms with Gasteiger partial charge in [-0.2, -0.15) is 0 Å². The van der Waals surface area contributed by atoms with Crippen LogP contribution in [0.15, 0.2) is 0 Å². The third-order valence-electron chi connectivity index (χ3n) is 3.25. The minimum Gasteiger partial charge on any atom is -0.481 e. The molecule has 1 rings (SSSR count). The first-order valence-corrected chi connectivity index (χ1v) is 4.42. The van der Waals surface area contributed by atoms with Crippen LogP contribution in [0.25, 0.3) is 0 Å². The molecule has 1 aliphatic carbocycles. The highest BCUT2D eigenvalue weighted by Gasteiger charge is 2.45. The van der Waals surface area contributed by atoms with Gasteiger partial charge in [0.05, 0.1) is 0 Å². The van der Waals surface area contributed by atoms with Gasteiger partial charge in [-0.3, -0.25) is 4.79 Å². The average Bonchev–Trinajstić information content (AvgIpc) is 1.97. The normalized spacial score (nSPS) is 32.6. The summed E-state index contributed by atoms with van der Waals surface area (Å²) in [6.45, 7) is 4.24. The molecule has 3 heteroatoms. The number of aliphatic carboxylic acids is 1. The van der Waals surface area contributed by atoms with Crippen molar-refractivity contribution in [2.24, 2.45) is 17.1 Å². The number of carboxylic acids is 1. The molecule has 70 valence electrons. The number of carboxylic acid groups (broad SMARTS) is 1. The van der Waals surface area contributed by atoms with Gasteiger partial charge in [0.2, 0.25) is 0 Å². The summed E-state index contributed by atoms with van der Waals surface area (Å²) in [5, 5.41) is 8.49. The molecule has 0 unspecified atom stereocenters. The molecular weight excluding hydrogens is 154 g/mol. The average molecular weight is 171 g/mol. The van der Waals surface area contributed by atoms with Crippen LogP contribution in [0.1, 0.15) is 33.1 Å². The Morgan fingerprint density at radius 3 is 2.58 bits per heavy atom. The zero-order valence-electron chi connectivity index (χ0n) is 7.71. The van der Waals surface area contributed by atoms with Gasteiger partial charge in [-0.1, -0.05) is 13.8 Å². The van der Waals surface area contributed by atoms with Gasteiger partial charge in [0.15, 0.2) is 0 Å². The topological polar surface area (TPSA) is 63.3 Å². The van der Waals surface area contributed by atoms with E-state index in [1.165, 1.54) is 0 Å². The van der Waals surface area contributed by atoms with Crippen LogP contribution in [0, 0.1) is 11.3 Å². The van der Waals surface area contributed by atoms with Crippen molar-refractivity contribution in [2.75, 3.05) is 0 Å². The molecule has 12 heavy (non-hydrogen) atoms. The van der Waals surface area contributed by atoms with Gasteiger partial charge in [-0.05, 0) is 24.2 Å². The molecule has 3 N–H and O–H groups in total. The largest absolute Gasteiger partial charge is 0.481 e. The molecule has 0 aromatic carbocycles. The summed E-state index contributed by atoms with van der Waals surface area (Å²) in [6.07, 6.45) is 2.04. The Bertz CT molecular complexity index is 189. The van der Waals surface area contributed by atoms with Gasteiger partial charge in [-0.15, -0.1) is 0 Å². The second kappa shape index (κ2) is 3.05. The van der Waals surface area contributed by atoms with Crippen LogP contribution in [-0.4, -0.2) is 17.1 Å². The molecule has 1 fully saturated rings. The number of carbonyl (C=O) groups is 1. The Labute approximate surface area is 72.9 Å². The van der Waals surface area contributed by atoms with Crippen molar-refractivity contribution in [2.45, 2.75) is 39.2 Å². The molecule has 0 aliphatic heterocycles. The molecule has 3 nitrogen and oxygen atoms in total. The summed E-state index contributed by atoms with van der Waals surface area (Å²) in [7, 11) is 0. The highest BCUT2D eigenvalue weighted by Crippen LogP contribution is 2.47. The molecule has 0 saturated heterocycles. The second-order valence-electron chi connectivity index (χ2n) is 4.29. The van der Waals surface area contributed by atoms with E-state index in [0.717, 1.165) is 12.8 Å². The Morgan fingerprint density at radius 2 is 2.25 bits per heavy atom. The molecule has 1 aliphatic rings. The lowest BCUT2D eigenvalue weighted by Gasteiger charge is -2.50.